The van der Waals surface area contributed by atoms with E-state index in [9.17, 15) is 0 Å². The Morgan fingerprint density at radius 1 is 1.17 bits per heavy atom. The zero-order valence-corrected chi connectivity index (χ0v) is 15.6. The minimum atomic E-state index is 0.692. The Hall–Kier alpha value is -1.75. The highest BCUT2D eigenvalue weighted by Gasteiger charge is 1.99. The van der Waals surface area contributed by atoms with Crippen molar-refractivity contribution in [1.82, 2.24) is 10.6 Å². The molecule has 1 rings (SSSR count). The SMILES string of the molecule is CN=C(NCCCc1cccc(OC)c1)NCCOCCC(C)C. The van der Waals surface area contributed by atoms with Gasteiger partial charge < -0.3 is 20.1 Å². The third-order valence-corrected chi connectivity index (χ3v) is 3.67. The maximum Gasteiger partial charge on any atom is 0.191 e. The Labute approximate surface area is 146 Å². The first kappa shape index (κ1) is 20.3. The van der Waals surface area contributed by atoms with E-state index in [2.05, 4.69) is 41.6 Å². The molecule has 0 amide bonds. The van der Waals surface area contributed by atoms with Gasteiger partial charge in [-0.1, -0.05) is 26.0 Å². The number of nitrogens with zero attached hydrogens (tertiary/aromatic N) is 1. The molecular formula is C19H33N3O2. The zero-order valence-electron chi connectivity index (χ0n) is 15.6. The number of ether oxygens (including phenoxy) is 2. The van der Waals surface area contributed by atoms with Gasteiger partial charge in [0.2, 0.25) is 0 Å². The number of aliphatic imine (C=N–C) groups is 1. The summed E-state index contributed by atoms with van der Waals surface area (Å²) in [5.74, 6) is 2.43. The average molecular weight is 335 g/mol. The van der Waals surface area contributed by atoms with Crippen molar-refractivity contribution in [3.8, 4) is 5.75 Å². The number of hydrogen-bond donors (Lipinski definition) is 2. The second-order valence-electron chi connectivity index (χ2n) is 6.18. The molecule has 5 nitrogen and oxygen atoms in total. The van der Waals surface area contributed by atoms with Crippen molar-refractivity contribution in [2.75, 3.05) is 40.5 Å². The molecule has 2 N–H and O–H groups in total. The molecule has 0 heterocycles. The molecule has 0 aliphatic carbocycles. The summed E-state index contributed by atoms with van der Waals surface area (Å²) >= 11 is 0. The highest BCUT2D eigenvalue weighted by atomic mass is 16.5. The van der Waals surface area contributed by atoms with Crippen LogP contribution in [0.3, 0.4) is 0 Å². The zero-order chi connectivity index (χ0) is 17.6. The van der Waals surface area contributed by atoms with Gasteiger partial charge in [-0.25, -0.2) is 0 Å². The summed E-state index contributed by atoms with van der Waals surface area (Å²) in [5.41, 5.74) is 1.29. The van der Waals surface area contributed by atoms with Gasteiger partial charge in [-0.05, 0) is 42.9 Å². The van der Waals surface area contributed by atoms with E-state index < -0.39 is 0 Å². The van der Waals surface area contributed by atoms with Crippen molar-refractivity contribution in [3.05, 3.63) is 29.8 Å². The molecule has 1 aromatic carbocycles. The van der Waals surface area contributed by atoms with E-state index in [1.165, 1.54) is 5.56 Å². The molecule has 0 aromatic heterocycles. The standard InChI is InChI=1S/C19H33N3O2/c1-16(2)10-13-24-14-12-22-19(20-3)21-11-6-8-17-7-5-9-18(15-17)23-4/h5,7,9,15-16H,6,8,10-14H2,1-4H3,(H2,20,21,22). The molecule has 0 radical (unpaired) electrons. The maximum absolute atomic E-state index is 5.59. The van der Waals surface area contributed by atoms with Gasteiger partial charge in [-0.2, -0.15) is 0 Å². The van der Waals surface area contributed by atoms with E-state index in [0.717, 1.165) is 50.7 Å². The predicted molar refractivity (Wildman–Crippen MR) is 101 cm³/mol. The summed E-state index contributed by atoms with van der Waals surface area (Å²) in [6.45, 7) is 7.60. The van der Waals surface area contributed by atoms with Crippen LogP contribution in [0.1, 0.15) is 32.3 Å². The van der Waals surface area contributed by atoms with E-state index >= 15 is 0 Å². The number of methoxy groups -OCH3 is 1. The third-order valence-electron chi connectivity index (χ3n) is 3.67. The van der Waals surface area contributed by atoms with Crippen molar-refractivity contribution in [3.63, 3.8) is 0 Å². The number of benzene rings is 1. The topological polar surface area (TPSA) is 54.9 Å². The van der Waals surface area contributed by atoms with E-state index in [1.54, 1.807) is 14.2 Å². The Bertz CT molecular complexity index is 475. The maximum atomic E-state index is 5.59. The molecule has 0 unspecified atom stereocenters. The smallest absolute Gasteiger partial charge is 0.191 e. The van der Waals surface area contributed by atoms with Crippen molar-refractivity contribution < 1.29 is 9.47 Å². The van der Waals surface area contributed by atoms with Crippen LogP contribution in [0.25, 0.3) is 0 Å². The second-order valence-corrected chi connectivity index (χ2v) is 6.18. The van der Waals surface area contributed by atoms with Crippen molar-refractivity contribution in [2.24, 2.45) is 10.9 Å². The highest BCUT2D eigenvalue weighted by Crippen LogP contribution is 2.13. The first-order valence-corrected chi connectivity index (χ1v) is 8.81. The lowest BCUT2D eigenvalue weighted by Gasteiger charge is -2.12. The predicted octanol–water partition coefficient (Wildman–Crippen LogP) is 2.86. The number of hydrogen-bond acceptors (Lipinski definition) is 3. The quantitative estimate of drug-likeness (QED) is 0.371. The van der Waals surface area contributed by atoms with Crippen LogP contribution in [0.5, 0.6) is 5.75 Å². The van der Waals surface area contributed by atoms with Gasteiger partial charge >= 0.3 is 0 Å². The summed E-state index contributed by atoms with van der Waals surface area (Å²) in [5, 5.41) is 6.60. The van der Waals surface area contributed by atoms with Gasteiger partial charge in [0.1, 0.15) is 5.75 Å². The van der Waals surface area contributed by atoms with Crippen LogP contribution in [0.4, 0.5) is 0 Å². The molecule has 0 atom stereocenters. The van der Waals surface area contributed by atoms with Crippen LogP contribution in [0.15, 0.2) is 29.3 Å². The molecule has 0 saturated carbocycles. The summed E-state index contributed by atoms with van der Waals surface area (Å²) in [6.07, 6.45) is 3.16. The normalized spacial score (nSPS) is 11.6. The van der Waals surface area contributed by atoms with Gasteiger partial charge in [0.15, 0.2) is 5.96 Å². The van der Waals surface area contributed by atoms with Crippen LogP contribution < -0.4 is 15.4 Å². The molecule has 136 valence electrons. The molecule has 0 aliphatic heterocycles. The Morgan fingerprint density at radius 3 is 2.67 bits per heavy atom. The summed E-state index contributed by atoms with van der Waals surface area (Å²) < 4.78 is 10.8. The van der Waals surface area contributed by atoms with E-state index in [0.29, 0.717) is 12.5 Å². The second kappa shape index (κ2) is 12.6. The molecule has 0 spiro atoms. The Morgan fingerprint density at radius 2 is 1.96 bits per heavy atom. The van der Waals surface area contributed by atoms with Crippen molar-refractivity contribution in [2.45, 2.75) is 33.1 Å². The average Bonchev–Trinajstić information content (AvgIpc) is 2.59. The Kier molecular flexibility index (Phi) is 10.7. The fraction of sp³-hybridized carbons (Fsp3) is 0.632. The number of nitrogens with one attached hydrogen (secondary N) is 2. The summed E-state index contributed by atoms with van der Waals surface area (Å²) in [7, 11) is 3.49. The van der Waals surface area contributed by atoms with Crippen molar-refractivity contribution >= 4 is 5.96 Å². The minimum absolute atomic E-state index is 0.692. The molecule has 5 heteroatoms. The van der Waals surface area contributed by atoms with Crippen LogP contribution in [-0.4, -0.2) is 46.4 Å². The van der Waals surface area contributed by atoms with E-state index in [1.807, 2.05) is 12.1 Å². The summed E-state index contributed by atoms with van der Waals surface area (Å²) in [4.78, 5) is 4.22. The number of rotatable bonds is 11. The first-order chi connectivity index (χ1) is 11.7. The van der Waals surface area contributed by atoms with Crippen LogP contribution in [-0.2, 0) is 11.2 Å². The van der Waals surface area contributed by atoms with Gasteiger partial charge in [-0.3, -0.25) is 4.99 Å². The third kappa shape index (κ3) is 9.40. The van der Waals surface area contributed by atoms with Gasteiger partial charge in [0, 0.05) is 26.7 Å². The lowest BCUT2D eigenvalue weighted by molar-refractivity contribution is 0.128. The van der Waals surface area contributed by atoms with Crippen LogP contribution >= 0.6 is 0 Å². The monoisotopic (exact) mass is 335 g/mol. The minimum Gasteiger partial charge on any atom is -0.497 e. The molecule has 0 aliphatic rings. The molecule has 0 saturated heterocycles. The summed E-state index contributed by atoms with van der Waals surface area (Å²) in [6, 6.07) is 8.21. The lowest BCUT2D eigenvalue weighted by atomic mass is 10.1. The van der Waals surface area contributed by atoms with Gasteiger partial charge in [0.25, 0.3) is 0 Å². The Balaban J connectivity index is 2.11. The fourth-order valence-electron chi connectivity index (χ4n) is 2.21. The molecular weight excluding hydrogens is 302 g/mol. The van der Waals surface area contributed by atoms with Gasteiger partial charge in [-0.15, -0.1) is 0 Å². The molecule has 0 fully saturated rings. The number of aryl methyl sites for hydroxylation is 1. The lowest BCUT2D eigenvalue weighted by Crippen LogP contribution is -2.39. The van der Waals surface area contributed by atoms with E-state index in [-0.39, 0.29) is 0 Å². The molecule has 0 bridgehead atoms. The van der Waals surface area contributed by atoms with Crippen molar-refractivity contribution in [1.29, 1.82) is 0 Å². The largest absolute Gasteiger partial charge is 0.497 e. The van der Waals surface area contributed by atoms with Gasteiger partial charge in [0.05, 0.1) is 13.7 Å². The molecule has 24 heavy (non-hydrogen) atoms. The molecule has 1 aromatic rings. The fourth-order valence-corrected chi connectivity index (χ4v) is 2.21. The first-order valence-electron chi connectivity index (χ1n) is 8.81. The highest BCUT2D eigenvalue weighted by molar-refractivity contribution is 5.79. The number of guanidine groups is 1. The van der Waals surface area contributed by atoms with Crippen LogP contribution in [0.2, 0.25) is 0 Å². The van der Waals surface area contributed by atoms with E-state index in [4.69, 9.17) is 9.47 Å². The van der Waals surface area contributed by atoms with Crippen LogP contribution in [0, 0.1) is 5.92 Å².